The second-order valence-corrected chi connectivity index (χ2v) is 7.58. The number of nitrogens with two attached hydrogens (primary N) is 1. The van der Waals surface area contributed by atoms with E-state index in [0.29, 0.717) is 30.9 Å². The maximum atomic E-state index is 14.6. The summed E-state index contributed by atoms with van der Waals surface area (Å²) >= 11 is 0. The van der Waals surface area contributed by atoms with Crippen LogP contribution in [0.25, 0.3) is 0 Å². The van der Waals surface area contributed by atoms with Crippen LogP contribution in [0.3, 0.4) is 0 Å². The predicted molar refractivity (Wildman–Crippen MR) is 113 cm³/mol. The molecule has 8 heteroatoms. The van der Waals surface area contributed by atoms with Crippen molar-refractivity contribution in [3.05, 3.63) is 29.6 Å². The number of anilines is 1. The average molecular weight is 421 g/mol. The van der Waals surface area contributed by atoms with Gasteiger partial charge in [0.15, 0.2) is 0 Å². The maximum absolute atomic E-state index is 14.6. The van der Waals surface area contributed by atoms with Gasteiger partial charge in [-0.15, -0.1) is 24.8 Å². The summed E-state index contributed by atoms with van der Waals surface area (Å²) in [5, 5.41) is 0. The van der Waals surface area contributed by atoms with Gasteiger partial charge in [0.1, 0.15) is 5.82 Å². The Labute approximate surface area is 173 Å². The number of amides is 1. The third-order valence-corrected chi connectivity index (χ3v) is 5.69. The van der Waals surface area contributed by atoms with Crippen LogP contribution in [0.15, 0.2) is 18.2 Å². The van der Waals surface area contributed by atoms with Crippen LogP contribution in [0, 0.1) is 11.2 Å². The molecule has 0 spiro atoms. The second-order valence-electron chi connectivity index (χ2n) is 7.58. The van der Waals surface area contributed by atoms with Crippen LogP contribution in [0.5, 0.6) is 0 Å². The lowest BCUT2D eigenvalue weighted by Gasteiger charge is -2.35. The van der Waals surface area contributed by atoms with Gasteiger partial charge in [0.25, 0.3) is 5.91 Å². The minimum atomic E-state index is -0.309. The van der Waals surface area contributed by atoms with Crippen molar-refractivity contribution in [2.24, 2.45) is 11.1 Å². The monoisotopic (exact) mass is 420 g/mol. The van der Waals surface area contributed by atoms with Crippen molar-refractivity contribution in [3.8, 4) is 0 Å². The Morgan fingerprint density at radius 2 is 1.85 bits per heavy atom. The van der Waals surface area contributed by atoms with Gasteiger partial charge >= 0.3 is 0 Å². The highest BCUT2D eigenvalue weighted by Crippen LogP contribution is 2.30. The van der Waals surface area contributed by atoms with Crippen LogP contribution in [0.2, 0.25) is 0 Å². The fraction of sp³-hybridized carbons (Fsp3) is 0.632. The molecule has 1 atom stereocenters. The van der Waals surface area contributed by atoms with E-state index >= 15 is 0 Å². The molecule has 2 saturated heterocycles. The van der Waals surface area contributed by atoms with E-state index in [4.69, 9.17) is 5.73 Å². The molecule has 0 aromatic heterocycles. The van der Waals surface area contributed by atoms with Crippen molar-refractivity contribution in [2.45, 2.75) is 20.3 Å². The first-order chi connectivity index (χ1) is 12.0. The summed E-state index contributed by atoms with van der Waals surface area (Å²) in [4.78, 5) is 18.9. The van der Waals surface area contributed by atoms with E-state index in [0.717, 1.165) is 39.1 Å². The van der Waals surface area contributed by atoms with Gasteiger partial charge in [-0.1, -0.05) is 13.8 Å². The molecule has 1 aromatic rings. The topological polar surface area (TPSA) is 52.8 Å². The standard InChI is InChI=1S/C19H29FN4O.2ClH/c1-3-22-8-10-23(11-9-22)17-5-4-15(12-16(17)20)18(25)24-7-6-19(2,13-21)14-24;;/h4-5,12H,3,6-11,13-14,21H2,1-2H3;2*1H. The molecular weight excluding hydrogens is 390 g/mol. The number of nitrogens with zero attached hydrogens (tertiary/aromatic N) is 3. The molecule has 27 heavy (non-hydrogen) atoms. The van der Waals surface area contributed by atoms with Gasteiger partial charge in [-0.05, 0) is 43.1 Å². The molecule has 2 fully saturated rings. The van der Waals surface area contributed by atoms with E-state index < -0.39 is 0 Å². The first-order valence-electron chi connectivity index (χ1n) is 9.22. The average Bonchev–Trinajstić information content (AvgIpc) is 3.04. The number of rotatable bonds is 4. The minimum Gasteiger partial charge on any atom is -0.367 e. The number of likely N-dealkylation sites (N-methyl/N-ethyl adjacent to an activating group) is 1. The van der Waals surface area contributed by atoms with E-state index in [-0.39, 0.29) is 42.0 Å². The second kappa shape index (κ2) is 9.92. The zero-order valence-electron chi connectivity index (χ0n) is 16.1. The SMILES string of the molecule is CCN1CCN(c2ccc(C(=O)N3CCC(C)(CN)C3)cc2F)CC1.Cl.Cl. The Bertz CT molecular complexity index is 640. The van der Waals surface area contributed by atoms with Crippen LogP contribution in [-0.2, 0) is 0 Å². The summed E-state index contributed by atoms with van der Waals surface area (Å²) in [5.74, 6) is -0.407. The molecule has 3 rings (SSSR count). The maximum Gasteiger partial charge on any atom is 0.253 e. The van der Waals surface area contributed by atoms with Crippen molar-refractivity contribution >= 4 is 36.4 Å². The van der Waals surface area contributed by atoms with Gasteiger partial charge in [0.05, 0.1) is 5.69 Å². The zero-order chi connectivity index (χ0) is 18.0. The van der Waals surface area contributed by atoms with E-state index in [9.17, 15) is 9.18 Å². The van der Waals surface area contributed by atoms with Crippen LogP contribution in [0.4, 0.5) is 10.1 Å². The summed E-state index contributed by atoms with van der Waals surface area (Å²) in [6.45, 7) is 10.7. The summed E-state index contributed by atoms with van der Waals surface area (Å²) in [7, 11) is 0. The Hall–Kier alpha value is -1.08. The number of hydrogen-bond donors (Lipinski definition) is 1. The highest BCUT2D eigenvalue weighted by Gasteiger charge is 2.35. The smallest absolute Gasteiger partial charge is 0.253 e. The number of hydrogen-bond acceptors (Lipinski definition) is 4. The van der Waals surface area contributed by atoms with E-state index in [1.807, 2.05) is 0 Å². The van der Waals surface area contributed by atoms with Gasteiger partial charge < -0.3 is 20.4 Å². The summed E-state index contributed by atoms with van der Waals surface area (Å²) in [6.07, 6.45) is 0.900. The fourth-order valence-corrected chi connectivity index (χ4v) is 3.75. The number of halogens is 3. The van der Waals surface area contributed by atoms with E-state index in [1.165, 1.54) is 6.07 Å². The Balaban J connectivity index is 0.00000182. The summed E-state index contributed by atoms with van der Waals surface area (Å²) in [5.41, 5.74) is 6.81. The number of benzene rings is 1. The summed E-state index contributed by atoms with van der Waals surface area (Å²) in [6, 6.07) is 4.90. The first-order valence-corrected chi connectivity index (χ1v) is 9.22. The van der Waals surface area contributed by atoms with Gasteiger partial charge in [-0.2, -0.15) is 0 Å². The third kappa shape index (κ3) is 5.25. The highest BCUT2D eigenvalue weighted by atomic mass is 35.5. The number of carbonyl (C=O) groups is 1. The lowest BCUT2D eigenvalue weighted by molar-refractivity contribution is 0.0776. The molecule has 5 nitrogen and oxygen atoms in total. The third-order valence-electron chi connectivity index (χ3n) is 5.69. The molecule has 2 heterocycles. The molecule has 1 unspecified atom stereocenters. The number of piperazine rings is 1. The molecule has 1 aromatic carbocycles. The molecule has 2 aliphatic rings. The van der Waals surface area contributed by atoms with Crippen LogP contribution >= 0.6 is 24.8 Å². The fourth-order valence-electron chi connectivity index (χ4n) is 3.75. The molecule has 0 aliphatic carbocycles. The molecule has 0 bridgehead atoms. The molecule has 2 aliphatic heterocycles. The van der Waals surface area contributed by atoms with Gasteiger partial charge in [0, 0.05) is 44.8 Å². The lowest BCUT2D eigenvalue weighted by atomic mass is 9.90. The Morgan fingerprint density at radius 1 is 1.19 bits per heavy atom. The lowest BCUT2D eigenvalue weighted by Crippen LogP contribution is -2.46. The zero-order valence-corrected chi connectivity index (χ0v) is 17.8. The van der Waals surface area contributed by atoms with Crippen molar-refractivity contribution in [1.82, 2.24) is 9.80 Å². The van der Waals surface area contributed by atoms with Crippen LogP contribution in [-0.4, -0.2) is 68.1 Å². The predicted octanol–water partition coefficient (Wildman–Crippen LogP) is 2.62. The molecule has 154 valence electrons. The molecule has 0 saturated carbocycles. The van der Waals surface area contributed by atoms with Crippen LogP contribution < -0.4 is 10.6 Å². The number of likely N-dealkylation sites (tertiary alicyclic amines) is 1. The van der Waals surface area contributed by atoms with Crippen molar-refractivity contribution in [3.63, 3.8) is 0 Å². The van der Waals surface area contributed by atoms with Crippen molar-refractivity contribution in [2.75, 3.05) is 57.3 Å². The van der Waals surface area contributed by atoms with Gasteiger partial charge in [-0.3, -0.25) is 4.79 Å². The quantitative estimate of drug-likeness (QED) is 0.812. The van der Waals surface area contributed by atoms with Crippen molar-refractivity contribution < 1.29 is 9.18 Å². The number of carbonyl (C=O) groups excluding carboxylic acids is 1. The normalized spacial score (nSPS) is 23.0. The van der Waals surface area contributed by atoms with Gasteiger partial charge in [0.2, 0.25) is 0 Å². The molecule has 2 N–H and O–H groups in total. The highest BCUT2D eigenvalue weighted by molar-refractivity contribution is 5.94. The molecule has 1 amide bonds. The first kappa shape index (κ1) is 24.0. The Morgan fingerprint density at radius 3 is 2.37 bits per heavy atom. The summed E-state index contributed by atoms with van der Waals surface area (Å²) < 4.78 is 14.6. The van der Waals surface area contributed by atoms with E-state index in [1.54, 1.807) is 17.0 Å². The van der Waals surface area contributed by atoms with Gasteiger partial charge in [-0.25, -0.2) is 4.39 Å². The largest absolute Gasteiger partial charge is 0.367 e. The minimum absolute atomic E-state index is 0. The molecule has 0 radical (unpaired) electrons. The van der Waals surface area contributed by atoms with Crippen LogP contribution in [0.1, 0.15) is 30.6 Å². The van der Waals surface area contributed by atoms with E-state index in [2.05, 4.69) is 23.6 Å². The Kier molecular flexibility index (Phi) is 8.80. The molecular formula is C19H31Cl2FN4O. The van der Waals surface area contributed by atoms with Crippen molar-refractivity contribution in [1.29, 1.82) is 0 Å².